The average Bonchev–Trinajstić information content (AvgIpc) is 3.50. The van der Waals surface area contributed by atoms with E-state index in [1.165, 1.54) is 73.1 Å². The van der Waals surface area contributed by atoms with Gasteiger partial charge in [0, 0.05) is 43.5 Å². The molecule has 0 aliphatic carbocycles. The molecule has 1 saturated heterocycles. The summed E-state index contributed by atoms with van der Waals surface area (Å²) in [5.41, 5.74) is -0.147. The lowest BCUT2D eigenvalue weighted by Gasteiger charge is -2.35. The van der Waals surface area contributed by atoms with Crippen molar-refractivity contribution in [3.05, 3.63) is 83.8 Å². The zero-order valence-corrected chi connectivity index (χ0v) is 25.8. The van der Waals surface area contributed by atoms with E-state index in [0.29, 0.717) is 16.9 Å². The Hall–Kier alpha value is -4.99. The Labute approximate surface area is 262 Å². The standard InChI is InChI=1S/C30H30F3N7O5S/c1-29(2,3)46(44,45)37-27(42)25-7-8-26(36-35-25)38-9-11-39(12-10-38)28(43)20-13-22(30(31,32)33)16-23(14-20)40-18-21(17-34-40)19-5-4-6-24(41)15-19/h4-8,13-18,41H,9-12H2,1-3H3,(H,37,42). The topological polar surface area (TPSA) is 151 Å². The number of phenolic OH excluding ortho intramolecular Hbond substituents is 1. The van der Waals surface area contributed by atoms with Gasteiger partial charge in [0.05, 0.1) is 22.2 Å². The van der Waals surface area contributed by atoms with Crippen LogP contribution in [0, 0.1) is 0 Å². The molecule has 1 fully saturated rings. The molecule has 1 aliphatic rings. The number of carbonyl (C=O) groups excluding carboxylic acids is 2. The van der Waals surface area contributed by atoms with Gasteiger partial charge in [-0.3, -0.25) is 9.59 Å². The number of aromatic hydroxyl groups is 1. The quantitative estimate of drug-likeness (QED) is 0.315. The van der Waals surface area contributed by atoms with Gasteiger partial charge >= 0.3 is 6.18 Å². The molecule has 0 radical (unpaired) electrons. The molecular formula is C30H30F3N7O5S. The number of amides is 2. The van der Waals surface area contributed by atoms with Crippen molar-refractivity contribution >= 4 is 27.7 Å². The molecule has 12 nitrogen and oxygen atoms in total. The fourth-order valence-electron chi connectivity index (χ4n) is 4.59. The van der Waals surface area contributed by atoms with E-state index in [0.717, 1.165) is 12.1 Å². The number of carbonyl (C=O) groups is 2. The van der Waals surface area contributed by atoms with Crippen molar-refractivity contribution in [2.75, 3.05) is 31.1 Å². The fourth-order valence-corrected chi connectivity index (χ4v) is 5.25. The number of piperazine rings is 1. The first kappa shape index (κ1) is 32.4. The minimum atomic E-state index is -4.72. The van der Waals surface area contributed by atoms with E-state index in [1.54, 1.807) is 17.0 Å². The van der Waals surface area contributed by atoms with Crippen molar-refractivity contribution in [1.82, 2.24) is 29.6 Å². The molecule has 5 rings (SSSR count). The van der Waals surface area contributed by atoms with E-state index in [1.807, 2.05) is 4.72 Å². The van der Waals surface area contributed by atoms with E-state index in [4.69, 9.17) is 0 Å². The van der Waals surface area contributed by atoms with Crippen molar-refractivity contribution < 1.29 is 36.3 Å². The number of hydrogen-bond donors (Lipinski definition) is 2. The first-order chi connectivity index (χ1) is 21.5. The number of alkyl halides is 3. The zero-order valence-electron chi connectivity index (χ0n) is 25.0. The van der Waals surface area contributed by atoms with Gasteiger partial charge in [-0.05, 0) is 68.8 Å². The Bertz CT molecular complexity index is 1880. The van der Waals surface area contributed by atoms with Gasteiger partial charge in [-0.2, -0.15) is 18.3 Å². The number of nitrogens with one attached hydrogen (secondary N) is 1. The van der Waals surface area contributed by atoms with Crippen LogP contribution in [-0.4, -0.2) is 81.1 Å². The monoisotopic (exact) mass is 657 g/mol. The Kier molecular flexibility index (Phi) is 8.51. The minimum Gasteiger partial charge on any atom is -0.508 e. The molecule has 16 heteroatoms. The number of halogens is 3. The SMILES string of the molecule is CC(C)(C)S(=O)(=O)NC(=O)c1ccc(N2CCN(C(=O)c3cc(-n4cc(-c5cccc(O)c5)cn4)cc(C(F)(F)F)c3)CC2)nn1. The number of benzene rings is 2. The van der Waals surface area contributed by atoms with Crippen LogP contribution in [0.3, 0.4) is 0 Å². The van der Waals surface area contributed by atoms with Crippen LogP contribution in [-0.2, 0) is 16.2 Å². The predicted molar refractivity (Wildman–Crippen MR) is 162 cm³/mol. The highest BCUT2D eigenvalue weighted by molar-refractivity contribution is 7.91. The van der Waals surface area contributed by atoms with E-state index >= 15 is 0 Å². The molecule has 2 aromatic heterocycles. The number of sulfonamides is 1. The van der Waals surface area contributed by atoms with Gasteiger partial charge in [0.25, 0.3) is 11.8 Å². The molecule has 3 heterocycles. The molecular weight excluding hydrogens is 627 g/mol. The summed E-state index contributed by atoms with van der Waals surface area (Å²) in [7, 11) is -3.95. The summed E-state index contributed by atoms with van der Waals surface area (Å²) in [5, 5.41) is 21.8. The van der Waals surface area contributed by atoms with Crippen LogP contribution in [0.5, 0.6) is 5.75 Å². The molecule has 0 atom stereocenters. The lowest BCUT2D eigenvalue weighted by Crippen LogP contribution is -2.49. The number of nitrogens with zero attached hydrogens (tertiary/aromatic N) is 6. The molecule has 2 aromatic carbocycles. The largest absolute Gasteiger partial charge is 0.508 e. The summed E-state index contributed by atoms with van der Waals surface area (Å²) in [6, 6.07) is 12.2. The van der Waals surface area contributed by atoms with Crippen molar-refractivity contribution in [3.8, 4) is 22.6 Å². The van der Waals surface area contributed by atoms with Crippen molar-refractivity contribution in [1.29, 1.82) is 0 Å². The number of anilines is 1. The summed E-state index contributed by atoms with van der Waals surface area (Å²) in [4.78, 5) is 29.0. The summed E-state index contributed by atoms with van der Waals surface area (Å²) in [6.07, 6.45) is -1.76. The highest BCUT2D eigenvalue weighted by Crippen LogP contribution is 2.33. The third-order valence-corrected chi connectivity index (χ3v) is 9.39. The molecule has 2 N–H and O–H groups in total. The molecule has 0 unspecified atom stereocenters. The number of aromatic nitrogens is 4. The Morgan fingerprint density at radius 2 is 1.63 bits per heavy atom. The van der Waals surface area contributed by atoms with Crippen LogP contribution in [0.2, 0.25) is 0 Å². The molecule has 0 spiro atoms. The average molecular weight is 658 g/mol. The Morgan fingerprint density at radius 1 is 0.913 bits per heavy atom. The molecule has 0 bridgehead atoms. The van der Waals surface area contributed by atoms with Gasteiger partial charge in [0.1, 0.15) is 5.75 Å². The van der Waals surface area contributed by atoms with Crippen LogP contribution in [0.25, 0.3) is 16.8 Å². The molecule has 1 aliphatic heterocycles. The Morgan fingerprint density at radius 3 is 2.24 bits per heavy atom. The second-order valence-corrected chi connectivity index (χ2v) is 14.0. The number of hydrogen-bond acceptors (Lipinski definition) is 9. The van der Waals surface area contributed by atoms with Gasteiger partial charge in [-0.15, -0.1) is 10.2 Å². The second-order valence-electron chi connectivity index (χ2n) is 11.6. The van der Waals surface area contributed by atoms with Crippen LogP contribution in [0.4, 0.5) is 19.0 Å². The normalized spacial score (nSPS) is 14.3. The minimum absolute atomic E-state index is 0.0259. The second kappa shape index (κ2) is 12.1. The smallest absolute Gasteiger partial charge is 0.416 e. The summed E-state index contributed by atoms with van der Waals surface area (Å²) < 4.78 is 68.2. The van der Waals surface area contributed by atoms with E-state index in [-0.39, 0.29) is 48.9 Å². The molecule has 46 heavy (non-hydrogen) atoms. The predicted octanol–water partition coefficient (Wildman–Crippen LogP) is 3.87. The molecule has 242 valence electrons. The highest BCUT2D eigenvalue weighted by Gasteiger charge is 2.34. The third-order valence-electron chi connectivity index (χ3n) is 7.33. The van der Waals surface area contributed by atoms with Crippen molar-refractivity contribution in [3.63, 3.8) is 0 Å². The molecule has 4 aromatic rings. The van der Waals surface area contributed by atoms with Gasteiger partial charge < -0.3 is 14.9 Å². The van der Waals surface area contributed by atoms with Crippen molar-refractivity contribution in [2.45, 2.75) is 31.7 Å². The lowest BCUT2D eigenvalue weighted by atomic mass is 10.1. The fraction of sp³-hybridized carbons (Fsp3) is 0.300. The number of phenols is 1. The summed E-state index contributed by atoms with van der Waals surface area (Å²) in [6.45, 7) is 5.24. The maximum atomic E-state index is 13.9. The first-order valence-corrected chi connectivity index (χ1v) is 15.5. The first-order valence-electron chi connectivity index (χ1n) is 14.0. The summed E-state index contributed by atoms with van der Waals surface area (Å²) in [5.74, 6) is -1.11. The van der Waals surface area contributed by atoms with Gasteiger partial charge in [0.2, 0.25) is 10.0 Å². The zero-order chi connectivity index (χ0) is 33.4. The van der Waals surface area contributed by atoms with Gasteiger partial charge in [-0.1, -0.05) is 12.1 Å². The molecule has 0 saturated carbocycles. The Balaban J connectivity index is 1.29. The maximum absolute atomic E-state index is 13.9. The van der Waals surface area contributed by atoms with E-state index in [9.17, 15) is 36.3 Å². The van der Waals surface area contributed by atoms with Crippen LogP contribution >= 0.6 is 0 Å². The lowest BCUT2D eigenvalue weighted by molar-refractivity contribution is -0.137. The van der Waals surface area contributed by atoms with Crippen LogP contribution in [0.1, 0.15) is 47.2 Å². The van der Waals surface area contributed by atoms with E-state index in [2.05, 4.69) is 15.3 Å². The third kappa shape index (κ3) is 6.96. The molecule has 2 amide bonds. The van der Waals surface area contributed by atoms with Crippen LogP contribution in [0.15, 0.2) is 67.0 Å². The summed E-state index contributed by atoms with van der Waals surface area (Å²) >= 11 is 0. The maximum Gasteiger partial charge on any atom is 0.416 e. The van der Waals surface area contributed by atoms with Gasteiger partial charge in [0.15, 0.2) is 11.5 Å². The van der Waals surface area contributed by atoms with E-state index < -0.39 is 38.3 Å². The van der Waals surface area contributed by atoms with Gasteiger partial charge in [-0.25, -0.2) is 17.8 Å². The van der Waals surface area contributed by atoms with Crippen molar-refractivity contribution in [2.24, 2.45) is 0 Å². The number of rotatable bonds is 6. The van der Waals surface area contributed by atoms with Crippen LogP contribution < -0.4 is 9.62 Å². The highest BCUT2D eigenvalue weighted by atomic mass is 32.2.